The van der Waals surface area contributed by atoms with Crippen molar-refractivity contribution in [3.8, 4) is 0 Å². The molecular weight excluding hydrogens is 352 g/mol. The van der Waals surface area contributed by atoms with Crippen LogP contribution in [0.4, 0.5) is 5.69 Å². The number of anilines is 1. The van der Waals surface area contributed by atoms with Crippen molar-refractivity contribution in [3.05, 3.63) is 50.6 Å². The fraction of sp³-hybridized carbons (Fsp3) is 0.200. The molecule has 0 spiro atoms. The van der Waals surface area contributed by atoms with Gasteiger partial charge in [-0.05, 0) is 40.5 Å². The number of amides is 2. The molecule has 0 aliphatic carbocycles. The largest absolute Gasteiger partial charge is 0.324 e. The highest BCUT2D eigenvalue weighted by molar-refractivity contribution is 9.11. The Labute approximate surface area is 134 Å². The zero-order valence-corrected chi connectivity index (χ0v) is 13.7. The van der Waals surface area contributed by atoms with E-state index in [-0.39, 0.29) is 11.8 Å². The summed E-state index contributed by atoms with van der Waals surface area (Å²) in [6.45, 7) is 2.17. The molecular formula is C15H13BrN2O2S. The number of halogens is 1. The Morgan fingerprint density at radius 3 is 2.90 bits per heavy atom. The van der Waals surface area contributed by atoms with Crippen LogP contribution in [0.15, 0.2) is 39.5 Å². The molecule has 0 bridgehead atoms. The second-order valence-electron chi connectivity index (χ2n) is 4.89. The summed E-state index contributed by atoms with van der Waals surface area (Å²) in [5.74, 6) is -0.293. The first-order valence-electron chi connectivity index (χ1n) is 6.50. The quantitative estimate of drug-likeness (QED) is 0.841. The molecule has 0 saturated carbocycles. The van der Waals surface area contributed by atoms with Crippen LogP contribution < -0.4 is 5.32 Å². The predicted octanol–water partition coefficient (Wildman–Crippen LogP) is 3.49. The van der Waals surface area contributed by atoms with Gasteiger partial charge in [0.2, 0.25) is 5.91 Å². The second-order valence-corrected chi connectivity index (χ2v) is 7.19. The fourth-order valence-corrected chi connectivity index (χ4v) is 3.45. The Kier molecular flexibility index (Phi) is 3.82. The Hall–Kier alpha value is -1.66. The molecule has 2 heterocycles. The zero-order chi connectivity index (χ0) is 15.0. The normalized spacial score (nSPS) is 17.9. The van der Waals surface area contributed by atoms with E-state index in [1.54, 1.807) is 23.3 Å². The first-order chi connectivity index (χ1) is 10.1. The van der Waals surface area contributed by atoms with Gasteiger partial charge in [0.25, 0.3) is 5.91 Å². The van der Waals surface area contributed by atoms with Gasteiger partial charge in [-0.15, -0.1) is 11.3 Å². The van der Waals surface area contributed by atoms with Crippen LogP contribution in [0.2, 0.25) is 0 Å². The zero-order valence-electron chi connectivity index (χ0n) is 11.3. The van der Waals surface area contributed by atoms with Crippen LogP contribution in [-0.4, -0.2) is 22.8 Å². The number of carbonyl (C=O) groups is 2. The summed E-state index contributed by atoms with van der Waals surface area (Å²) in [5, 5.41) is 4.67. The van der Waals surface area contributed by atoms with Gasteiger partial charge in [-0.2, -0.15) is 0 Å². The monoisotopic (exact) mass is 364 g/mol. The third kappa shape index (κ3) is 2.73. The van der Waals surface area contributed by atoms with Crippen LogP contribution in [-0.2, 0) is 11.3 Å². The van der Waals surface area contributed by atoms with E-state index < -0.39 is 6.04 Å². The number of hydrogen-bond acceptors (Lipinski definition) is 3. The summed E-state index contributed by atoms with van der Waals surface area (Å²) < 4.78 is 0.901. The Bertz CT molecular complexity index is 713. The highest BCUT2D eigenvalue weighted by atomic mass is 79.9. The molecule has 4 nitrogen and oxygen atoms in total. The van der Waals surface area contributed by atoms with Crippen LogP contribution >= 0.6 is 27.3 Å². The Balaban J connectivity index is 1.97. The predicted molar refractivity (Wildman–Crippen MR) is 86.4 cm³/mol. The van der Waals surface area contributed by atoms with Crippen LogP contribution in [0.25, 0.3) is 0 Å². The van der Waals surface area contributed by atoms with Gasteiger partial charge >= 0.3 is 0 Å². The molecule has 1 aliphatic heterocycles. The maximum Gasteiger partial charge on any atom is 0.255 e. The van der Waals surface area contributed by atoms with Crippen molar-refractivity contribution in [2.75, 3.05) is 5.32 Å². The van der Waals surface area contributed by atoms with Crippen molar-refractivity contribution in [2.45, 2.75) is 19.5 Å². The topological polar surface area (TPSA) is 49.4 Å². The first kappa shape index (κ1) is 14.3. The standard InChI is InChI=1S/C15H13BrN2O2S/c1-9-14(19)17-12-5-3-2-4-10(12)7-18(9)15(20)11-6-13(16)21-8-11/h2-6,8-9H,7H2,1H3,(H,17,19). The Morgan fingerprint density at radius 2 is 2.19 bits per heavy atom. The van der Waals surface area contributed by atoms with Gasteiger partial charge in [-0.3, -0.25) is 9.59 Å². The van der Waals surface area contributed by atoms with Crippen molar-refractivity contribution in [3.63, 3.8) is 0 Å². The Morgan fingerprint density at radius 1 is 1.43 bits per heavy atom. The average molecular weight is 365 g/mol. The molecule has 1 atom stereocenters. The van der Waals surface area contributed by atoms with Crippen LogP contribution in [0.1, 0.15) is 22.8 Å². The molecule has 2 amide bonds. The molecule has 1 N–H and O–H groups in total. The van der Waals surface area contributed by atoms with Crippen LogP contribution in [0, 0.1) is 0 Å². The maximum atomic E-state index is 12.7. The highest BCUT2D eigenvalue weighted by Gasteiger charge is 2.30. The van der Waals surface area contributed by atoms with Gasteiger partial charge in [-0.25, -0.2) is 0 Å². The number of hydrogen-bond donors (Lipinski definition) is 1. The summed E-state index contributed by atoms with van der Waals surface area (Å²) in [5.41, 5.74) is 2.32. The molecule has 3 rings (SSSR count). The minimum Gasteiger partial charge on any atom is -0.324 e. The van der Waals surface area contributed by atoms with E-state index in [0.717, 1.165) is 15.0 Å². The minimum absolute atomic E-state index is 0.128. The summed E-state index contributed by atoms with van der Waals surface area (Å²) in [7, 11) is 0. The van der Waals surface area contributed by atoms with E-state index in [9.17, 15) is 9.59 Å². The van der Waals surface area contributed by atoms with Crippen LogP contribution in [0.5, 0.6) is 0 Å². The second kappa shape index (κ2) is 5.61. The molecule has 2 aromatic rings. The lowest BCUT2D eigenvalue weighted by Gasteiger charge is -2.25. The maximum absolute atomic E-state index is 12.7. The van der Waals surface area contributed by atoms with Gasteiger partial charge in [0, 0.05) is 17.6 Å². The number of fused-ring (bicyclic) bond motifs is 1. The molecule has 0 saturated heterocycles. The lowest BCUT2D eigenvalue weighted by Crippen LogP contribution is -2.43. The van der Waals surface area contributed by atoms with E-state index in [2.05, 4.69) is 21.2 Å². The summed E-state index contributed by atoms with van der Waals surface area (Å²) in [6, 6.07) is 8.84. The fourth-order valence-electron chi connectivity index (χ4n) is 2.32. The van der Waals surface area contributed by atoms with Crippen molar-refractivity contribution < 1.29 is 9.59 Å². The number of nitrogens with zero attached hydrogens (tertiary/aromatic N) is 1. The molecule has 0 fully saturated rings. The molecule has 21 heavy (non-hydrogen) atoms. The van der Waals surface area contributed by atoms with Gasteiger partial charge < -0.3 is 10.2 Å². The number of nitrogens with one attached hydrogen (secondary N) is 1. The molecule has 1 aromatic heterocycles. The lowest BCUT2D eigenvalue weighted by atomic mass is 10.1. The van der Waals surface area contributed by atoms with Crippen molar-refractivity contribution in [1.29, 1.82) is 0 Å². The number of thiophene rings is 1. The lowest BCUT2D eigenvalue weighted by molar-refractivity contribution is -0.119. The third-order valence-electron chi connectivity index (χ3n) is 3.54. The van der Waals surface area contributed by atoms with Crippen molar-refractivity contribution in [1.82, 2.24) is 4.90 Å². The molecule has 1 unspecified atom stereocenters. The van der Waals surface area contributed by atoms with Gasteiger partial charge in [0.1, 0.15) is 6.04 Å². The highest BCUT2D eigenvalue weighted by Crippen LogP contribution is 2.27. The number of para-hydroxylation sites is 1. The van der Waals surface area contributed by atoms with E-state index in [4.69, 9.17) is 0 Å². The molecule has 108 valence electrons. The van der Waals surface area contributed by atoms with Crippen LogP contribution in [0.3, 0.4) is 0 Å². The van der Waals surface area contributed by atoms with Crippen molar-refractivity contribution in [2.24, 2.45) is 0 Å². The average Bonchev–Trinajstić information content (AvgIpc) is 2.86. The van der Waals surface area contributed by atoms with E-state index in [0.29, 0.717) is 12.1 Å². The van der Waals surface area contributed by atoms with Gasteiger partial charge in [0.05, 0.1) is 9.35 Å². The first-order valence-corrected chi connectivity index (χ1v) is 8.17. The van der Waals surface area contributed by atoms with E-state index >= 15 is 0 Å². The molecule has 0 radical (unpaired) electrons. The SMILES string of the molecule is CC1C(=O)Nc2ccccc2CN1C(=O)c1csc(Br)c1. The molecule has 6 heteroatoms. The number of rotatable bonds is 1. The molecule has 1 aromatic carbocycles. The van der Waals surface area contributed by atoms with Crippen molar-refractivity contribution >= 4 is 44.8 Å². The van der Waals surface area contributed by atoms with E-state index in [1.807, 2.05) is 24.3 Å². The summed E-state index contributed by atoms with van der Waals surface area (Å²) >= 11 is 4.82. The molecule has 1 aliphatic rings. The van der Waals surface area contributed by atoms with Gasteiger partial charge in [-0.1, -0.05) is 18.2 Å². The van der Waals surface area contributed by atoms with Gasteiger partial charge in [0.15, 0.2) is 0 Å². The third-order valence-corrected chi connectivity index (χ3v) is 5.04. The minimum atomic E-state index is -0.511. The summed E-state index contributed by atoms with van der Waals surface area (Å²) in [6.07, 6.45) is 0. The number of benzene rings is 1. The summed E-state index contributed by atoms with van der Waals surface area (Å²) in [4.78, 5) is 26.5. The number of carbonyl (C=O) groups excluding carboxylic acids is 2. The smallest absolute Gasteiger partial charge is 0.255 e. The van der Waals surface area contributed by atoms with E-state index in [1.165, 1.54) is 11.3 Å².